The highest BCUT2D eigenvalue weighted by Crippen LogP contribution is 2.31. The van der Waals surface area contributed by atoms with Crippen LogP contribution in [0.3, 0.4) is 0 Å². The van der Waals surface area contributed by atoms with Gasteiger partial charge in [0.2, 0.25) is 0 Å². The molecule has 0 spiro atoms. The van der Waals surface area contributed by atoms with Gasteiger partial charge in [-0.15, -0.1) is 11.8 Å². The zero-order valence-corrected chi connectivity index (χ0v) is 11.7. The van der Waals surface area contributed by atoms with E-state index in [0.29, 0.717) is 12.5 Å². The molecule has 98 valence electrons. The summed E-state index contributed by atoms with van der Waals surface area (Å²) in [4.78, 5) is 0. The van der Waals surface area contributed by atoms with Gasteiger partial charge in [-0.2, -0.15) is 0 Å². The zero-order chi connectivity index (χ0) is 13.4. The van der Waals surface area contributed by atoms with E-state index in [4.69, 9.17) is 9.47 Å². The van der Waals surface area contributed by atoms with Crippen molar-refractivity contribution in [3.63, 3.8) is 0 Å². The summed E-state index contributed by atoms with van der Waals surface area (Å²) in [5.41, 5.74) is 1.23. The highest BCUT2D eigenvalue weighted by atomic mass is 16.5. The van der Waals surface area contributed by atoms with E-state index in [2.05, 4.69) is 31.8 Å². The Morgan fingerprint density at radius 1 is 1.28 bits per heavy atom. The summed E-state index contributed by atoms with van der Waals surface area (Å²) in [6.07, 6.45) is 1.86. The first-order chi connectivity index (χ1) is 8.72. The normalized spacial score (nSPS) is 11.3. The monoisotopic (exact) mass is 246 g/mol. The van der Waals surface area contributed by atoms with Gasteiger partial charge in [-0.1, -0.05) is 19.9 Å². The van der Waals surface area contributed by atoms with Gasteiger partial charge >= 0.3 is 0 Å². The van der Waals surface area contributed by atoms with Crippen molar-refractivity contribution in [2.75, 3.05) is 13.7 Å². The van der Waals surface area contributed by atoms with E-state index in [0.717, 1.165) is 24.3 Å². The molecule has 1 aromatic carbocycles. The smallest absolute Gasteiger partial charge is 0.161 e. The predicted molar refractivity (Wildman–Crippen MR) is 75.3 cm³/mol. The van der Waals surface area contributed by atoms with Crippen molar-refractivity contribution in [1.29, 1.82) is 0 Å². The average Bonchev–Trinajstić information content (AvgIpc) is 2.42. The van der Waals surface area contributed by atoms with Crippen LogP contribution in [0.4, 0.5) is 0 Å². The van der Waals surface area contributed by atoms with Crippen molar-refractivity contribution in [1.82, 2.24) is 0 Å². The molecule has 0 bridgehead atoms. The maximum atomic E-state index is 5.64. The Balaban J connectivity index is 2.85. The van der Waals surface area contributed by atoms with Crippen molar-refractivity contribution in [2.24, 2.45) is 0 Å². The molecule has 0 saturated heterocycles. The van der Waals surface area contributed by atoms with Crippen molar-refractivity contribution in [3.05, 3.63) is 23.8 Å². The van der Waals surface area contributed by atoms with Crippen LogP contribution in [0.5, 0.6) is 11.5 Å². The molecule has 1 atom stereocenters. The number of benzene rings is 1. The van der Waals surface area contributed by atoms with E-state index in [-0.39, 0.29) is 0 Å². The molecule has 0 amide bonds. The van der Waals surface area contributed by atoms with Gasteiger partial charge in [0.05, 0.1) is 13.7 Å². The molecule has 0 saturated carbocycles. The topological polar surface area (TPSA) is 18.5 Å². The Morgan fingerprint density at radius 3 is 2.67 bits per heavy atom. The Kier molecular flexibility index (Phi) is 6.14. The molecule has 2 nitrogen and oxygen atoms in total. The van der Waals surface area contributed by atoms with Crippen LogP contribution >= 0.6 is 0 Å². The number of rotatable bonds is 6. The van der Waals surface area contributed by atoms with Crippen LogP contribution in [-0.2, 0) is 0 Å². The van der Waals surface area contributed by atoms with Gasteiger partial charge in [-0.05, 0) is 37.0 Å². The molecule has 18 heavy (non-hydrogen) atoms. The van der Waals surface area contributed by atoms with Crippen molar-refractivity contribution >= 4 is 0 Å². The summed E-state index contributed by atoms with van der Waals surface area (Å²) in [7, 11) is 1.68. The lowest BCUT2D eigenvalue weighted by Gasteiger charge is -2.14. The van der Waals surface area contributed by atoms with Crippen LogP contribution < -0.4 is 9.47 Å². The minimum atomic E-state index is 0.409. The molecular formula is C16H22O2. The van der Waals surface area contributed by atoms with Gasteiger partial charge in [0, 0.05) is 6.42 Å². The maximum absolute atomic E-state index is 5.64. The summed E-state index contributed by atoms with van der Waals surface area (Å²) < 4.78 is 11.0. The van der Waals surface area contributed by atoms with E-state index in [9.17, 15) is 0 Å². The van der Waals surface area contributed by atoms with Gasteiger partial charge < -0.3 is 9.47 Å². The molecule has 0 aliphatic carbocycles. The van der Waals surface area contributed by atoms with E-state index in [1.54, 1.807) is 7.11 Å². The molecule has 0 N–H and O–H groups in total. The number of methoxy groups -OCH3 is 1. The molecule has 0 radical (unpaired) electrons. The Bertz CT molecular complexity index is 426. The fourth-order valence-electron chi connectivity index (χ4n) is 1.69. The predicted octanol–water partition coefficient (Wildman–Crippen LogP) is 4.00. The summed E-state index contributed by atoms with van der Waals surface area (Å²) in [6.45, 7) is 6.85. The van der Waals surface area contributed by atoms with Gasteiger partial charge in [0.1, 0.15) is 0 Å². The van der Waals surface area contributed by atoms with Gasteiger partial charge in [0.15, 0.2) is 11.5 Å². The zero-order valence-electron chi connectivity index (χ0n) is 11.7. The van der Waals surface area contributed by atoms with Crippen LogP contribution in [0.15, 0.2) is 18.2 Å². The quantitative estimate of drug-likeness (QED) is 0.706. The van der Waals surface area contributed by atoms with Gasteiger partial charge in [0.25, 0.3) is 0 Å². The lowest BCUT2D eigenvalue weighted by molar-refractivity contribution is 0.294. The summed E-state index contributed by atoms with van der Waals surface area (Å²) in [5.74, 6) is 8.07. The molecule has 0 aliphatic heterocycles. The average molecular weight is 246 g/mol. The molecule has 1 aromatic rings. The molecule has 0 aromatic heterocycles. The van der Waals surface area contributed by atoms with Crippen molar-refractivity contribution < 1.29 is 9.47 Å². The lowest BCUT2D eigenvalue weighted by Crippen LogP contribution is -1.99. The third-order valence-corrected chi connectivity index (χ3v) is 2.80. The van der Waals surface area contributed by atoms with Gasteiger partial charge in [-0.25, -0.2) is 0 Å². The molecule has 1 unspecified atom stereocenters. The van der Waals surface area contributed by atoms with Gasteiger partial charge in [-0.3, -0.25) is 0 Å². The molecular weight excluding hydrogens is 224 g/mol. The first-order valence-corrected chi connectivity index (χ1v) is 6.43. The Hall–Kier alpha value is -1.62. The largest absolute Gasteiger partial charge is 0.493 e. The molecule has 1 rings (SSSR count). The third kappa shape index (κ3) is 4.00. The maximum Gasteiger partial charge on any atom is 0.161 e. The Labute approximate surface area is 110 Å². The first kappa shape index (κ1) is 14.4. The second kappa shape index (κ2) is 7.66. The van der Waals surface area contributed by atoms with E-state index >= 15 is 0 Å². The minimum absolute atomic E-state index is 0.409. The van der Waals surface area contributed by atoms with Crippen LogP contribution in [0, 0.1) is 11.8 Å². The fourth-order valence-corrected chi connectivity index (χ4v) is 1.69. The summed E-state index contributed by atoms with van der Waals surface area (Å²) in [5, 5.41) is 0. The van der Waals surface area contributed by atoms with Crippen LogP contribution in [0.1, 0.15) is 45.1 Å². The number of hydrogen-bond acceptors (Lipinski definition) is 2. The van der Waals surface area contributed by atoms with Crippen LogP contribution in [0.25, 0.3) is 0 Å². The molecule has 0 aliphatic rings. The van der Waals surface area contributed by atoms with E-state index in [1.165, 1.54) is 5.56 Å². The molecule has 2 heteroatoms. The molecule has 0 fully saturated rings. The second-order valence-electron chi connectivity index (χ2n) is 4.29. The SMILES string of the molecule is CC#CCC(C)c1ccc(OCCC)c(OC)c1. The second-order valence-corrected chi connectivity index (χ2v) is 4.29. The molecule has 0 heterocycles. The van der Waals surface area contributed by atoms with Crippen LogP contribution in [0.2, 0.25) is 0 Å². The van der Waals surface area contributed by atoms with Crippen molar-refractivity contribution in [2.45, 2.75) is 39.5 Å². The summed E-state index contributed by atoms with van der Waals surface area (Å²) >= 11 is 0. The third-order valence-electron chi connectivity index (χ3n) is 2.80. The van der Waals surface area contributed by atoms with Crippen LogP contribution in [-0.4, -0.2) is 13.7 Å². The number of hydrogen-bond donors (Lipinski definition) is 0. The Morgan fingerprint density at radius 2 is 2.06 bits per heavy atom. The van der Waals surface area contributed by atoms with E-state index in [1.807, 2.05) is 19.1 Å². The highest BCUT2D eigenvalue weighted by molar-refractivity contribution is 5.44. The highest BCUT2D eigenvalue weighted by Gasteiger charge is 2.09. The standard InChI is InChI=1S/C16H22O2/c1-5-7-8-13(3)14-9-10-15(18-11-6-2)16(12-14)17-4/h9-10,12-13H,6,8,11H2,1-4H3. The summed E-state index contributed by atoms with van der Waals surface area (Å²) in [6, 6.07) is 6.13. The van der Waals surface area contributed by atoms with E-state index < -0.39 is 0 Å². The number of ether oxygens (including phenoxy) is 2. The van der Waals surface area contributed by atoms with Crippen molar-refractivity contribution in [3.8, 4) is 23.3 Å². The fraction of sp³-hybridized carbons (Fsp3) is 0.500. The minimum Gasteiger partial charge on any atom is -0.493 e. The lowest BCUT2D eigenvalue weighted by atomic mass is 9.97. The first-order valence-electron chi connectivity index (χ1n) is 6.43.